The predicted molar refractivity (Wildman–Crippen MR) is 68.3 cm³/mol. The lowest BCUT2D eigenvalue weighted by Crippen LogP contribution is -2.24. The minimum atomic E-state index is 0.0302. The number of phenolic OH excluding ortho intramolecular Hbond substituents is 1. The van der Waals surface area contributed by atoms with Crippen molar-refractivity contribution in [2.45, 2.75) is 26.2 Å². The lowest BCUT2D eigenvalue weighted by atomic mass is 9.97. The van der Waals surface area contributed by atoms with Gasteiger partial charge in [0, 0.05) is 12.0 Å². The van der Waals surface area contributed by atoms with Gasteiger partial charge in [-0.1, -0.05) is 24.9 Å². The van der Waals surface area contributed by atoms with Crippen LogP contribution in [0.1, 0.15) is 26.2 Å². The Hall–Kier alpha value is -1.22. The molecule has 0 spiro atoms. The highest BCUT2D eigenvalue weighted by Crippen LogP contribution is 2.33. The van der Waals surface area contributed by atoms with E-state index >= 15 is 0 Å². The van der Waals surface area contributed by atoms with E-state index in [2.05, 4.69) is 12.2 Å². The average Bonchev–Trinajstić information content (AvgIpc) is 2.68. The second kappa shape index (κ2) is 4.96. The number of amides is 1. The normalized spacial score (nSPS) is 23.6. The highest BCUT2D eigenvalue weighted by atomic mass is 35.5. The average molecular weight is 254 g/mol. The quantitative estimate of drug-likeness (QED) is 0.794. The lowest BCUT2D eigenvalue weighted by molar-refractivity contribution is -0.120. The number of carbonyl (C=O) groups excluding carboxylic acids is 1. The van der Waals surface area contributed by atoms with Gasteiger partial charge in [-0.05, 0) is 30.9 Å². The van der Waals surface area contributed by atoms with Crippen molar-refractivity contribution in [1.29, 1.82) is 0 Å². The number of carbonyl (C=O) groups is 1. The van der Waals surface area contributed by atoms with Crippen LogP contribution in [-0.2, 0) is 4.79 Å². The zero-order valence-electron chi connectivity index (χ0n) is 9.74. The van der Waals surface area contributed by atoms with E-state index in [1.165, 1.54) is 12.1 Å². The molecule has 1 fully saturated rings. The summed E-state index contributed by atoms with van der Waals surface area (Å²) in [5, 5.41) is 12.4. The number of rotatable bonds is 2. The summed E-state index contributed by atoms with van der Waals surface area (Å²) in [6.07, 6.45) is 3.17. The largest absolute Gasteiger partial charge is 0.508 e. The molecule has 2 rings (SSSR count). The number of halogens is 1. The Bertz CT molecular complexity index is 433. The molecule has 0 saturated heterocycles. The third-order valence-electron chi connectivity index (χ3n) is 3.41. The predicted octanol–water partition coefficient (Wildman–Crippen LogP) is 3.42. The molecule has 0 bridgehead atoms. The molecule has 17 heavy (non-hydrogen) atoms. The lowest BCUT2D eigenvalue weighted by Gasteiger charge is -2.15. The zero-order chi connectivity index (χ0) is 12.4. The van der Waals surface area contributed by atoms with Gasteiger partial charge >= 0.3 is 0 Å². The fraction of sp³-hybridized carbons (Fsp3) is 0.462. The van der Waals surface area contributed by atoms with Crippen LogP contribution in [0, 0.1) is 11.8 Å². The van der Waals surface area contributed by atoms with E-state index in [1.807, 2.05) is 0 Å². The van der Waals surface area contributed by atoms with Gasteiger partial charge in [-0.25, -0.2) is 0 Å². The highest BCUT2D eigenvalue weighted by Gasteiger charge is 2.29. The van der Waals surface area contributed by atoms with Crippen molar-refractivity contribution < 1.29 is 9.90 Å². The van der Waals surface area contributed by atoms with Crippen molar-refractivity contribution >= 4 is 23.2 Å². The van der Waals surface area contributed by atoms with Crippen molar-refractivity contribution in [2.75, 3.05) is 5.32 Å². The summed E-state index contributed by atoms with van der Waals surface area (Å²) >= 11 is 5.94. The maximum atomic E-state index is 12.0. The maximum absolute atomic E-state index is 12.0. The van der Waals surface area contributed by atoms with E-state index in [-0.39, 0.29) is 17.6 Å². The molecule has 1 aromatic rings. The number of anilines is 1. The van der Waals surface area contributed by atoms with Gasteiger partial charge in [0.15, 0.2) is 0 Å². The Morgan fingerprint density at radius 3 is 2.82 bits per heavy atom. The van der Waals surface area contributed by atoms with E-state index < -0.39 is 0 Å². The summed E-state index contributed by atoms with van der Waals surface area (Å²) < 4.78 is 0. The SMILES string of the molecule is CC1CCCC1C(=O)Nc1ccc(O)cc1Cl. The van der Waals surface area contributed by atoms with Gasteiger partial charge in [0.1, 0.15) is 5.75 Å². The molecule has 2 unspecified atom stereocenters. The van der Waals surface area contributed by atoms with Gasteiger partial charge in [-0.3, -0.25) is 4.79 Å². The summed E-state index contributed by atoms with van der Waals surface area (Å²) in [5.74, 6) is 0.649. The Morgan fingerprint density at radius 2 is 2.24 bits per heavy atom. The Kier molecular flexibility index (Phi) is 3.57. The van der Waals surface area contributed by atoms with Crippen LogP contribution in [0.4, 0.5) is 5.69 Å². The highest BCUT2D eigenvalue weighted by molar-refractivity contribution is 6.33. The molecular formula is C13H16ClNO2. The first kappa shape index (κ1) is 12.2. The third kappa shape index (κ3) is 2.72. The van der Waals surface area contributed by atoms with Crippen LogP contribution in [0.15, 0.2) is 18.2 Å². The number of hydrogen-bond donors (Lipinski definition) is 2. The topological polar surface area (TPSA) is 49.3 Å². The second-order valence-corrected chi connectivity index (χ2v) is 5.08. The molecule has 92 valence electrons. The van der Waals surface area contributed by atoms with E-state index in [1.54, 1.807) is 6.07 Å². The zero-order valence-corrected chi connectivity index (χ0v) is 10.5. The van der Waals surface area contributed by atoms with Gasteiger partial charge in [0.05, 0.1) is 10.7 Å². The number of benzene rings is 1. The summed E-state index contributed by atoms with van der Waals surface area (Å²) in [5.41, 5.74) is 0.563. The summed E-state index contributed by atoms with van der Waals surface area (Å²) in [7, 11) is 0. The fourth-order valence-corrected chi connectivity index (χ4v) is 2.59. The fourth-order valence-electron chi connectivity index (χ4n) is 2.37. The van der Waals surface area contributed by atoms with Crippen molar-refractivity contribution in [3.05, 3.63) is 23.2 Å². The number of nitrogens with one attached hydrogen (secondary N) is 1. The van der Waals surface area contributed by atoms with E-state index in [0.717, 1.165) is 19.3 Å². The molecule has 1 amide bonds. The minimum Gasteiger partial charge on any atom is -0.508 e. The van der Waals surface area contributed by atoms with Crippen LogP contribution in [-0.4, -0.2) is 11.0 Å². The molecule has 1 aliphatic rings. The number of hydrogen-bond acceptors (Lipinski definition) is 2. The molecule has 0 aromatic heterocycles. The molecule has 1 aliphatic carbocycles. The Balaban J connectivity index is 2.07. The molecule has 0 aliphatic heterocycles. The molecule has 1 saturated carbocycles. The van der Waals surface area contributed by atoms with Gasteiger partial charge in [0.2, 0.25) is 5.91 Å². The maximum Gasteiger partial charge on any atom is 0.227 e. The minimum absolute atomic E-state index is 0.0302. The van der Waals surface area contributed by atoms with E-state index in [4.69, 9.17) is 11.6 Å². The van der Waals surface area contributed by atoms with E-state index in [0.29, 0.717) is 16.6 Å². The van der Waals surface area contributed by atoms with Crippen LogP contribution >= 0.6 is 11.6 Å². The number of aromatic hydroxyl groups is 1. The molecule has 2 N–H and O–H groups in total. The standard InChI is InChI=1S/C13H16ClNO2/c1-8-3-2-4-10(8)13(17)15-12-6-5-9(16)7-11(12)14/h5-8,10,16H,2-4H2,1H3,(H,15,17). The first-order chi connectivity index (χ1) is 8.08. The van der Waals surface area contributed by atoms with Crippen molar-refractivity contribution in [3.63, 3.8) is 0 Å². The van der Waals surface area contributed by atoms with Gasteiger partial charge < -0.3 is 10.4 Å². The summed E-state index contributed by atoms with van der Waals surface area (Å²) in [6.45, 7) is 2.11. The Labute approximate surface area is 106 Å². The van der Waals surface area contributed by atoms with E-state index in [9.17, 15) is 9.90 Å². The van der Waals surface area contributed by atoms with Crippen molar-refractivity contribution in [3.8, 4) is 5.75 Å². The van der Waals surface area contributed by atoms with Gasteiger partial charge in [0.25, 0.3) is 0 Å². The van der Waals surface area contributed by atoms with Crippen LogP contribution < -0.4 is 5.32 Å². The third-order valence-corrected chi connectivity index (χ3v) is 3.72. The smallest absolute Gasteiger partial charge is 0.227 e. The molecule has 0 heterocycles. The molecular weight excluding hydrogens is 238 g/mol. The first-order valence-corrected chi connectivity index (χ1v) is 6.25. The first-order valence-electron chi connectivity index (χ1n) is 5.87. The van der Waals surface area contributed by atoms with Crippen molar-refractivity contribution in [2.24, 2.45) is 11.8 Å². The number of phenols is 1. The Morgan fingerprint density at radius 1 is 1.47 bits per heavy atom. The second-order valence-electron chi connectivity index (χ2n) is 4.67. The summed E-state index contributed by atoms with van der Waals surface area (Å²) in [4.78, 5) is 12.0. The molecule has 1 aromatic carbocycles. The van der Waals surface area contributed by atoms with Crippen LogP contribution in [0.25, 0.3) is 0 Å². The molecule has 4 heteroatoms. The molecule has 2 atom stereocenters. The van der Waals surface area contributed by atoms with Gasteiger partial charge in [-0.15, -0.1) is 0 Å². The van der Waals surface area contributed by atoms with Crippen LogP contribution in [0.5, 0.6) is 5.75 Å². The van der Waals surface area contributed by atoms with Crippen LogP contribution in [0.3, 0.4) is 0 Å². The van der Waals surface area contributed by atoms with Crippen molar-refractivity contribution in [1.82, 2.24) is 0 Å². The summed E-state index contributed by atoms with van der Waals surface area (Å²) in [6, 6.07) is 4.56. The monoisotopic (exact) mass is 253 g/mol. The molecule has 0 radical (unpaired) electrons. The van der Waals surface area contributed by atoms with Gasteiger partial charge in [-0.2, -0.15) is 0 Å². The molecule has 3 nitrogen and oxygen atoms in total. The van der Waals surface area contributed by atoms with Crippen LogP contribution in [0.2, 0.25) is 5.02 Å².